The van der Waals surface area contributed by atoms with Gasteiger partial charge in [0, 0.05) is 7.05 Å². The highest BCUT2D eigenvalue weighted by molar-refractivity contribution is 7.80. The second-order valence-electron chi connectivity index (χ2n) is 1.66. The van der Waals surface area contributed by atoms with Gasteiger partial charge in [-0.2, -0.15) is 0 Å². The Balaban J connectivity index is 3.47. The van der Waals surface area contributed by atoms with E-state index in [9.17, 15) is 4.79 Å². The Bertz CT molecular complexity index is 275. The number of thiol groups is 1. The van der Waals surface area contributed by atoms with E-state index in [1.807, 2.05) is 0 Å². The highest BCUT2D eigenvalue weighted by Crippen LogP contribution is 2.13. The number of hydrogen-bond acceptors (Lipinski definition) is 3. The number of aromatic nitrogens is 2. The smallest absolute Gasteiger partial charge is 0.329 e. The van der Waals surface area contributed by atoms with Gasteiger partial charge in [-0.25, -0.2) is 4.79 Å². The molecular weight excluding hydrogens is 140 g/mol. The lowest BCUT2D eigenvalue weighted by molar-refractivity contribution is 0.418. The fraction of sp³-hybridized carbons (Fsp3) is 0.250. The monoisotopic (exact) mass is 146 g/mol. The second kappa shape index (κ2) is 1.84. The predicted molar refractivity (Wildman–Crippen MR) is 35.0 cm³/mol. The molecule has 0 saturated heterocycles. The molecule has 0 unspecified atom stereocenters. The number of nitrogens with zero attached hydrogens (tertiary/aromatic N) is 1. The van der Waals surface area contributed by atoms with Gasteiger partial charge >= 0.3 is 5.69 Å². The molecule has 0 fully saturated rings. The van der Waals surface area contributed by atoms with E-state index in [0.29, 0.717) is 0 Å². The number of H-pyrrole nitrogens is 1. The van der Waals surface area contributed by atoms with Crippen LogP contribution in [0.25, 0.3) is 0 Å². The number of nitrogens with one attached hydrogen (secondary N) is 1. The number of aromatic amines is 1. The van der Waals surface area contributed by atoms with Crippen molar-refractivity contribution in [1.29, 1.82) is 0 Å². The molecule has 0 saturated carbocycles. The second-order valence-corrected chi connectivity index (χ2v) is 2.11. The van der Waals surface area contributed by atoms with Crippen LogP contribution in [0.5, 0.6) is 5.88 Å². The fourth-order valence-corrected chi connectivity index (χ4v) is 0.742. The maximum Gasteiger partial charge on any atom is 0.329 e. The SMILES string of the molecule is Cn1c(O)c(S)[nH]c1=O. The highest BCUT2D eigenvalue weighted by Gasteiger charge is 2.03. The van der Waals surface area contributed by atoms with Crippen LogP contribution in [0.4, 0.5) is 0 Å². The summed E-state index contributed by atoms with van der Waals surface area (Å²) in [5, 5.41) is 9.08. The molecule has 1 rings (SSSR count). The molecule has 0 aliphatic carbocycles. The van der Waals surface area contributed by atoms with Crippen molar-refractivity contribution in [2.75, 3.05) is 0 Å². The topological polar surface area (TPSA) is 58.0 Å². The van der Waals surface area contributed by atoms with E-state index in [1.54, 1.807) is 0 Å². The van der Waals surface area contributed by atoms with Crippen molar-refractivity contribution < 1.29 is 5.11 Å². The van der Waals surface area contributed by atoms with Gasteiger partial charge in [0.1, 0.15) is 5.03 Å². The van der Waals surface area contributed by atoms with Crippen LogP contribution < -0.4 is 5.69 Å². The van der Waals surface area contributed by atoms with E-state index in [1.165, 1.54) is 7.05 Å². The quantitative estimate of drug-likeness (QED) is 0.440. The Kier molecular flexibility index (Phi) is 1.28. The lowest BCUT2D eigenvalue weighted by atomic mass is 10.8. The Morgan fingerprint density at radius 2 is 2.33 bits per heavy atom. The molecule has 0 amide bonds. The third-order valence-corrected chi connectivity index (χ3v) is 1.37. The number of aromatic hydroxyl groups is 1. The van der Waals surface area contributed by atoms with E-state index < -0.39 is 0 Å². The number of rotatable bonds is 0. The molecule has 50 valence electrons. The van der Waals surface area contributed by atoms with Crippen LogP contribution in [-0.2, 0) is 7.05 Å². The van der Waals surface area contributed by atoms with E-state index in [0.717, 1.165) is 4.57 Å². The Morgan fingerprint density at radius 1 is 1.78 bits per heavy atom. The largest absolute Gasteiger partial charge is 0.492 e. The summed E-state index contributed by atoms with van der Waals surface area (Å²) in [5.41, 5.74) is -0.363. The van der Waals surface area contributed by atoms with Crippen molar-refractivity contribution in [2.45, 2.75) is 5.03 Å². The van der Waals surface area contributed by atoms with Crippen LogP contribution in [0, 0.1) is 0 Å². The summed E-state index contributed by atoms with van der Waals surface area (Å²) < 4.78 is 1.07. The van der Waals surface area contributed by atoms with Gasteiger partial charge in [0.25, 0.3) is 0 Å². The van der Waals surface area contributed by atoms with Crippen molar-refractivity contribution in [3.05, 3.63) is 10.5 Å². The summed E-state index contributed by atoms with van der Waals surface area (Å²) in [5.74, 6) is -0.136. The summed E-state index contributed by atoms with van der Waals surface area (Å²) >= 11 is 3.76. The van der Waals surface area contributed by atoms with Crippen molar-refractivity contribution in [3.63, 3.8) is 0 Å². The molecule has 0 atom stereocenters. The normalized spacial score (nSPS) is 10.0. The molecule has 5 heteroatoms. The molecule has 0 radical (unpaired) electrons. The number of hydrogen-bond donors (Lipinski definition) is 3. The molecule has 0 aliphatic heterocycles. The summed E-state index contributed by atoms with van der Waals surface area (Å²) in [7, 11) is 1.45. The fourth-order valence-electron chi connectivity index (χ4n) is 0.496. The Labute approximate surface area is 56.5 Å². The first-order valence-electron chi connectivity index (χ1n) is 2.30. The van der Waals surface area contributed by atoms with Gasteiger partial charge in [0.2, 0.25) is 5.88 Å². The van der Waals surface area contributed by atoms with Crippen LogP contribution in [0.3, 0.4) is 0 Å². The molecule has 2 N–H and O–H groups in total. The van der Waals surface area contributed by atoms with Gasteiger partial charge in [-0.15, -0.1) is 12.6 Å². The molecular formula is C4H6N2O2S. The zero-order chi connectivity index (χ0) is 7.02. The maximum absolute atomic E-state index is 10.6. The van der Waals surface area contributed by atoms with Crippen LogP contribution in [0.15, 0.2) is 9.82 Å². The minimum Gasteiger partial charge on any atom is -0.492 e. The summed E-state index contributed by atoms with van der Waals surface area (Å²) in [6.45, 7) is 0. The van der Waals surface area contributed by atoms with Crippen molar-refractivity contribution in [3.8, 4) is 5.88 Å². The van der Waals surface area contributed by atoms with Crippen LogP contribution in [-0.4, -0.2) is 14.7 Å². The first-order valence-corrected chi connectivity index (χ1v) is 2.74. The average molecular weight is 146 g/mol. The molecule has 1 aromatic rings. The molecule has 0 aliphatic rings. The molecule has 1 heterocycles. The van der Waals surface area contributed by atoms with Crippen LogP contribution in [0.1, 0.15) is 0 Å². The Hall–Kier alpha value is -0.840. The zero-order valence-corrected chi connectivity index (χ0v) is 5.64. The third-order valence-electron chi connectivity index (χ3n) is 1.06. The van der Waals surface area contributed by atoms with Gasteiger partial charge < -0.3 is 5.11 Å². The minimum atomic E-state index is -0.363. The summed E-state index contributed by atoms with van der Waals surface area (Å²) in [6.07, 6.45) is 0. The summed E-state index contributed by atoms with van der Waals surface area (Å²) in [6, 6.07) is 0. The van der Waals surface area contributed by atoms with Crippen LogP contribution in [0.2, 0.25) is 0 Å². The first kappa shape index (κ1) is 6.28. The van der Waals surface area contributed by atoms with Crippen molar-refractivity contribution in [2.24, 2.45) is 7.05 Å². The molecule has 9 heavy (non-hydrogen) atoms. The lowest BCUT2D eigenvalue weighted by Crippen LogP contribution is -2.11. The standard InChI is InChI=1S/C4H6N2O2S/c1-6-3(7)2(9)5-4(6)8/h7,9H,1H3,(H,5,8). The average Bonchev–Trinajstić information content (AvgIpc) is 1.98. The predicted octanol–water partition coefficient (Wildman–Crippen LogP) is -0.292. The molecule has 0 spiro atoms. The molecule has 0 aromatic carbocycles. The van der Waals surface area contributed by atoms with E-state index in [-0.39, 0.29) is 16.6 Å². The summed E-state index contributed by atoms with van der Waals surface area (Å²) in [4.78, 5) is 12.9. The lowest BCUT2D eigenvalue weighted by Gasteiger charge is -1.88. The van der Waals surface area contributed by atoms with Crippen LogP contribution >= 0.6 is 12.6 Å². The number of imidazole rings is 1. The van der Waals surface area contributed by atoms with Gasteiger partial charge in [0.15, 0.2) is 0 Å². The van der Waals surface area contributed by atoms with Gasteiger partial charge in [-0.3, -0.25) is 9.55 Å². The van der Waals surface area contributed by atoms with Gasteiger partial charge in [-0.05, 0) is 0 Å². The Morgan fingerprint density at radius 3 is 2.44 bits per heavy atom. The third kappa shape index (κ3) is 0.829. The van der Waals surface area contributed by atoms with E-state index >= 15 is 0 Å². The molecule has 0 bridgehead atoms. The van der Waals surface area contributed by atoms with E-state index in [2.05, 4.69) is 17.6 Å². The zero-order valence-electron chi connectivity index (χ0n) is 4.75. The van der Waals surface area contributed by atoms with Gasteiger partial charge in [0.05, 0.1) is 0 Å². The highest BCUT2D eigenvalue weighted by atomic mass is 32.1. The van der Waals surface area contributed by atoms with Crippen molar-refractivity contribution >= 4 is 12.6 Å². The molecule has 4 nitrogen and oxygen atoms in total. The van der Waals surface area contributed by atoms with Gasteiger partial charge in [-0.1, -0.05) is 0 Å². The maximum atomic E-state index is 10.6. The first-order chi connectivity index (χ1) is 4.13. The minimum absolute atomic E-state index is 0.136. The van der Waals surface area contributed by atoms with Crippen molar-refractivity contribution in [1.82, 2.24) is 9.55 Å². The molecule has 1 aromatic heterocycles. The van der Waals surface area contributed by atoms with E-state index in [4.69, 9.17) is 5.11 Å².